The first-order valence-corrected chi connectivity index (χ1v) is 6.04. The Kier molecular flexibility index (Phi) is 3.87. The van der Waals surface area contributed by atoms with Gasteiger partial charge in [0.05, 0.1) is 6.61 Å². The minimum absolute atomic E-state index is 0.00738. The number of aromatic nitrogens is 1. The molecule has 0 unspecified atom stereocenters. The van der Waals surface area contributed by atoms with E-state index < -0.39 is 12.9 Å². The Hall–Kier alpha value is -1.14. The third-order valence-corrected chi connectivity index (χ3v) is 2.67. The summed E-state index contributed by atoms with van der Waals surface area (Å²) in [6, 6.07) is 1.56. The van der Waals surface area contributed by atoms with Crippen LogP contribution in [0, 0.1) is 11.2 Å². The molecular weight excluding hydrogens is 236 g/mol. The Morgan fingerprint density at radius 1 is 1.44 bits per heavy atom. The largest absolute Gasteiger partial charge is 0.497 e. The Morgan fingerprint density at radius 2 is 2.11 bits per heavy atom. The van der Waals surface area contributed by atoms with Crippen molar-refractivity contribution >= 4 is 12.6 Å². The molecule has 0 spiro atoms. The van der Waals surface area contributed by atoms with Crippen LogP contribution in [0.25, 0.3) is 0 Å². The molecule has 2 rings (SSSR count). The highest BCUT2D eigenvalue weighted by Gasteiger charge is 2.36. The molecular formula is C12H17BFNO3. The highest BCUT2D eigenvalue weighted by molar-refractivity contribution is 6.61. The van der Waals surface area contributed by atoms with E-state index >= 15 is 0 Å². The SMILES string of the molecule is CCOc1nccc(B2OCC(C)(C)CO2)c1F. The van der Waals surface area contributed by atoms with Crippen molar-refractivity contribution in [1.29, 1.82) is 0 Å². The second kappa shape index (κ2) is 5.24. The Bertz CT molecular complexity index is 418. The molecule has 0 N–H and O–H groups in total. The van der Waals surface area contributed by atoms with E-state index in [-0.39, 0.29) is 11.3 Å². The minimum Gasteiger partial charge on any atom is -0.476 e. The molecule has 18 heavy (non-hydrogen) atoms. The van der Waals surface area contributed by atoms with Gasteiger partial charge in [0, 0.05) is 30.3 Å². The van der Waals surface area contributed by atoms with Crippen LogP contribution in [0.1, 0.15) is 20.8 Å². The number of rotatable bonds is 3. The summed E-state index contributed by atoms with van der Waals surface area (Å²) in [4.78, 5) is 3.84. The lowest BCUT2D eigenvalue weighted by atomic mass is 9.76. The van der Waals surface area contributed by atoms with Crippen LogP contribution in [0.4, 0.5) is 4.39 Å². The van der Waals surface area contributed by atoms with Crippen molar-refractivity contribution in [3.63, 3.8) is 0 Å². The van der Waals surface area contributed by atoms with Crippen LogP contribution in [0.3, 0.4) is 0 Å². The Balaban J connectivity index is 2.16. The Labute approximate surface area is 107 Å². The van der Waals surface area contributed by atoms with Gasteiger partial charge in [-0.25, -0.2) is 9.37 Å². The highest BCUT2D eigenvalue weighted by atomic mass is 19.1. The predicted octanol–water partition coefficient (Wildman–Crippen LogP) is 1.39. The average molecular weight is 253 g/mol. The summed E-state index contributed by atoms with van der Waals surface area (Å²) < 4.78 is 30.3. The highest BCUT2D eigenvalue weighted by Crippen LogP contribution is 2.22. The molecule has 0 saturated carbocycles. The number of hydrogen-bond acceptors (Lipinski definition) is 4. The maximum Gasteiger partial charge on any atom is 0.497 e. The summed E-state index contributed by atoms with van der Waals surface area (Å²) in [5, 5.41) is 0. The van der Waals surface area contributed by atoms with Crippen molar-refractivity contribution in [3.8, 4) is 5.88 Å². The molecule has 1 aliphatic heterocycles. The van der Waals surface area contributed by atoms with Gasteiger partial charge in [-0.15, -0.1) is 0 Å². The molecule has 1 aromatic heterocycles. The maximum absolute atomic E-state index is 14.1. The van der Waals surface area contributed by atoms with Crippen LogP contribution in [0.2, 0.25) is 0 Å². The fraction of sp³-hybridized carbons (Fsp3) is 0.583. The quantitative estimate of drug-likeness (QED) is 0.763. The number of halogens is 1. The van der Waals surface area contributed by atoms with Crippen molar-refractivity contribution in [2.45, 2.75) is 20.8 Å². The standard InChI is InChI=1S/C12H17BFNO3/c1-4-16-11-10(14)9(5-6-15-11)13-17-7-12(2,3)8-18-13/h5-6H,4,7-8H2,1-3H3. The van der Waals surface area contributed by atoms with Crippen molar-refractivity contribution in [1.82, 2.24) is 4.98 Å². The molecule has 1 aromatic rings. The summed E-state index contributed by atoms with van der Waals surface area (Å²) in [6.07, 6.45) is 1.50. The van der Waals surface area contributed by atoms with Gasteiger partial charge in [-0.05, 0) is 13.0 Å². The number of hydrogen-bond donors (Lipinski definition) is 0. The second-order valence-electron chi connectivity index (χ2n) is 5.07. The van der Waals surface area contributed by atoms with E-state index in [0.717, 1.165) is 0 Å². The van der Waals surface area contributed by atoms with Gasteiger partial charge in [-0.2, -0.15) is 0 Å². The van der Waals surface area contributed by atoms with E-state index in [2.05, 4.69) is 4.98 Å². The molecule has 0 bridgehead atoms. The van der Waals surface area contributed by atoms with Crippen molar-refractivity contribution in [3.05, 3.63) is 18.1 Å². The molecule has 1 saturated heterocycles. The molecule has 6 heteroatoms. The number of nitrogens with zero attached hydrogens (tertiary/aromatic N) is 1. The Morgan fingerprint density at radius 3 is 2.72 bits per heavy atom. The first kappa shape index (κ1) is 13.3. The van der Waals surface area contributed by atoms with Gasteiger partial charge in [0.1, 0.15) is 0 Å². The van der Waals surface area contributed by atoms with E-state index in [1.54, 1.807) is 13.0 Å². The molecule has 0 aliphatic carbocycles. The molecule has 1 fully saturated rings. The van der Waals surface area contributed by atoms with Crippen LogP contribution >= 0.6 is 0 Å². The molecule has 0 radical (unpaired) electrons. The molecule has 98 valence electrons. The summed E-state index contributed by atoms with van der Waals surface area (Å²) in [5.41, 5.74) is 0.298. The zero-order valence-corrected chi connectivity index (χ0v) is 10.9. The minimum atomic E-state index is -0.680. The van der Waals surface area contributed by atoms with Gasteiger partial charge < -0.3 is 14.0 Å². The van der Waals surface area contributed by atoms with E-state index in [1.165, 1.54) is 6.20 Å². The zero-order valence-electron chi connectivity index (χ0n) is 10.9. The van der Waals surface area contributed by atoms with Crippen molar-refractivity contribution < 1.29 is 18.4 Å². The second-order valence-corrected chi connectivity index (χ2v) is 5.07. The lowest BCUT2D eigenvalue weighted by molar-refractivity contribution is 0.0340. The summed E-state index contributed by atoms with van der Waals surface area (Å²) in [5.74, 6) is -0.518. The molecule has 0 aromatic carbocycles. The van der Waals surface area contributed by atoms with Gasteiger partial charge in [0.2, 0.25) is 5.88 Å². The maximum atomic E-state index is 14.1. The summed E-state index contributed by atoms with van der Waals surface area (Å²) in [6.45, 7) is 7.29. The smallest absolute Gasteiger partial charge is 0.476 e. The van der Waals surface area contributed by atoms with E-state index in [1.807, 2.05) is 13.8 Å². The van der Waals surface area contributed by atoms with Crippen LogP contribution in [-0.2, 0) is 9.31 Å². The molecule has 4 nitrogen and oxygen atoms in total. The lowest BCUT2D eigenvalue weighted by Gasteiger charge is -2.33. The van der Waals surface area contributed by atoms with Crippen LogP contribution in [0.5, 0.6) is 5.88 Å². The lowest BCUT2D eigenvalue weighted by Crippen LogP contribution is -2.48. The van der Waals surface area contributed by atoms with Crippen LogP contribution in [0.15, 0.2) is 12.3 Å². The van der Waals surface area contributed by atoms with Crippen molar-refractivity contribution in [2.75, 3.05) is 19.8 Å². The summed E-state index contributed by atoms with van der Waals surface area (Å²) >= 11 is 0. The van der Waals surface area contributed by atoms with Gasteiger partial charge in [0.25, 0.3) is 0 Å². The van der Waals surface area contributed by atoms with Gasteiger partial charge in [-0.1, -0.05) is 13.8 Å². The monoisotopic (exact) mass is 253 g/mol. The first-order chi connectivity index (χ1) is 8.53. The zero-order chi connectivity index (χ0) is 13.2. The van der Waals surface area contributed by atoms with E-state index in [0.29, 0.717) is 25.3 Å². The molecule has 0 atom stereocenters. The topological polar surface area (TPSA) is 40.6 Å². The molecule has 1 aliphatic rings. The van der Waals surface area contributed by atoms with Gasteiger partial charge in [-0.3, -0.25) is 0 Å². The number of pyridine rings is 1. The predicted molar refractivity (Wildman–Crippen MR) is 66.4 cm³/mol. The third kappa shape index (κ3) is 2.81. The molecule has 0 amide bonds. The first-order valence-electron chi connectivity index (χ1n) is 6.04. The van der Waals surface area contributed by atoms with E-state index in [9.17, 15) is 4.39 Å². The van der Waals surface area contributed by atoms with Gasteiger partial charge >= 0.3 is 7.12 Å². The van der Waals surface area contributed by atoms with E-state index in [4.69, 9.17) is 14.0 Å². The van der Waals surface area contributed by atoms with Crippen LogP contribution in [-0.4, -0.2) is 31.9 Å². The fourth-order valence-electron chi connectivity index (χ4n) is 1.73. The van der Waals surface area contributed by atoms with Gasteiger partial charge in [0.15, 0.2) is 5.82 Å². The van der Waals surface area contributed by atoms with Crippen molar-refractivity contribution in [2.24, 2.45) is 5.41 Å². The fourth-order valence-corrected chi connectivity index (χ4v) is 1.73. The molecule has 2 heterocycles. The summed E-state index contributed by atoms with van der Waals surface area (Å²) in [7, 11) is -0.680. The normalized spacial score (nSPS) is 18.8. The average Bonchev–Trinajstić information content (AvgIpc) is 2.33. The van der Waals surface area contributed by atoms with Crippen LogP contribution < -0.4 is 10.2 Å². The third-order valence-electron chi connectivity index (χ3n) is 2.67. The number of ether oxygens (including phenoxy) is 1.